The minimum absolute atomic E-state index is 0.276. The van der Waals surface area contributed by atoms with Crippen LogP contribution >= 0.6 is 11.8 Å². The van der Waals surface area contributed by atoms with Crippen LogP contribution in [0.5, 0.6) is 0 Å². The Bertz CT molecular complexity index is 1140. The van der Waals surface area contributed by atoms with E-state index in [-0.39, 0.29) is 5.56 Å². The Hall–Kier alpha value is -3.13. The number of nitrogens with two attached hydrogens (primary N) is 1. The lowest BCUT2D eigenvalue weighted by Gasteiger charge is -2.05. The molecular weight excluding hydrogens is 376 g/mol. The summed E-state index contributed by atoms with van der Waals surface area (Å²) in [5.41, 5.74) is 9.59. The van der Waals surface area contributed by atoms with Crippen molar-refractivity contribution in [2.75, 3.05) is 7.11 Å². The molecule has 0 amide bonds. The van der Waals surface area contributed by atoms with Gasteiger partial charge >= 0.3 is 5.97 Å². The molecular formula is C20H20N4O3S. The third-order valence-corrected chi connectivity index (χ3v) is 5.07. The van der Waals surface area contributed by atoms with Gasteiger partial charge in [-0.3, -0.25) is 4.79 Å². The largest absolute Gasteiger partial charge is 0.465 e. The fourth-order valence-corrected chi connectivity index (χ4v) is 3.19. The highest BCUT2D eigenvalue weighted by atomic mass is 32.2. The van der Waals surface area contributed by atoms with E-state index in [2.05, 4.69) is 15.0 Å². The lowest BCUT2D eigenvalue weighted by Crippen LogP contribution is -2.14. The maximum absolute atomic E-state index is 12.3. The van der Waals surface area contributed by atoms with Crippen LogP contribution in [0.2, 0.25) is 0 Å². The Balaban J connectivity index is 1.81. The molecule has 1 heterocycles. The van der Waals surface area contributed by atoms with Crippen molar-refractivity contribution in [1.29, 1.82) is 0 Å². The van der Waals surface area contributed by atoms with Gasteiger partial charge in [-0.2, -0.15) is 0 Å². The molecule has 1 aromatic heterocycles. The highest BCUT2D eigenvalue weighted by Gasteiger charge is 2.10. The topological polar surface area (TPSA) is 110 Å². The summed E-state index contributed by atoms with van der Waals surface area (Å²) in [6, 6.07) is 10.5. The van der Waals surface area contributed by atoms with Crippen molar-refractivity contribution in [2.24, 2.45) is 10.7 Å². The molecule has 0 aliphatic carbocycles. The summed E-state index contributed by atoms with van der Waals surface area (Å²) in [6.45, 7) is 4.05. The number of hydrogen-bond donors (Lipinski definition) is 2. The molecule has 0 spiro atoms. The van der Waals surface area contributed by atoms with E-state index in [9.17, 15) is 9.59 Å². The van der Waals surface area contributed by atoms with Crippen molar-refractivity contribution in [2.45, 2.75) is 19.6 Å². The molecule has 3 N–H and O–H groups in total. The molecule has 2 aromatic carbocycles. The first-order chi connectivity index (χ1) is 13.4. The molecule has 28 heavy (non-hydrogen) atoms. The number of nitrogens with zero attached hydrogens (tertiary/aromatic N) is 2. The third kappa shape index (κ3) is 4.40. The lowest BCUT2D eigenvalue weighted by atomic mass is 10.1. The average Bonchev–Trinajstić information content (AvgIpc) is 2.68. The van der Waals surface area contributed by atoms with Gasteiger partial charge < -0.3 is 15.5 Å². The molecule has 0 fully saturated rings. The number of nitrogens with one attached hydrogen (secondary N) is 1. The number of aryl methyl sites for hydroxylation is 2. The van der Waals surface area contributed by atoms with E-state index in [1.807, 2.05) is 32.0 Å². The normalized spacial score (nSPS) is 11.6. The van der Waals surface area contributed by atoms with Gasteiger partial charge in [0.2, 0.25) is 0 Å². The maximum atomic E-state index is 12.3. The quantitative estimate of drug-likeness (QED) is 0.398. The molecule has 3 aromatic rings. The van der Waals surface area contributed by atoms with E-state index >= 15 is 0 Å². The van der Waals surface area contributed by atoms with Gasteiger partial charge in [0.1, 0.15) is 5.82 Å². The van der Waals surface area contributed by atoms with Crippen molar-refractivity contribution in [3.8, 4) is 0 Å². The molecule has 8 heteroatoms. The number of rotatable bonds is 4. The molecule has 0 radical (unpaired) electrons. The standard InChI is InChI=1S/C20H20N4O3S/c1-11-4-6-14(8-12(11)2)22-20(21)28-10-17-23-16-9-13(19(26)27-3)5-7-15(16)18(25)24-17/h4-9H,10H2,1-3H3,(H2,21,22)(H,23,24,25). The molecule has 0 saturated carbocycles. The molecule has 0 bridgehead atoms. The number of thioether (sulfide) groups is 1. The number of carbonyl (C=O) groups excluding carboxylic acids is 1. The number of methoxy groups -OCH3 is 1. The van der Waals surface area contributed by atoms with Crippen molar-refractivity contribution in [3.05, 3.63) is 69.3 Å². The number of aromatic nitrogens is 2. The molecule has 7 nitrogen and oxygen atoms in total. The van der Waals surface area contributed by atoms with Gasteiger partial charge in [-0.15, -0.1) is 0 Å². The SMILES string of the molecule is COC(=O)c1ccc2c(=O)[nH]c(CSC(N)=Nc3ccc(C)c(C)c3)nc2c1. The first-order valence-corrected chi connectivity index (χ1v) is 9.51. The third-order valence-electron chi connectivity index (χ3n) is 4.26. The number of ether oxygens (including phenoxy) is 1. The molecule has 0 unspecified atom stereocenters. The predicted molar refractivity (Wildman–Crippen MR) is 112 cm³/mol. The second-order valence-electron chi connectivity index (χ2n) is 6.24. The number of hydrogen-bond acceptors (Lipinski definition) is 6. The summed E-state index contributed by atoms with van der Waals surface area (Å²) < 4.78 is 4.71. The monoisotopic (exact) mass is 396 g/mol. The zero-order chi connectivity index (χ0) is 20.3. The van der Waals surface area contributed by atoms with Gasteiger partial charge in [0.25, 0.3) is 5.56 Å². The fraction of sp³-hybridized carbons (Fsp3) is 0.200. The van der Waals surface area contributed by atoms with Crippen LogP contribution in [0.25, 0.3) is 10.9 Å². The van der Waals surface area contributed by atoms with E-state index in [4.69, 9.17) is 10.5 Å². The second-order valence-corrected chi connectivity index (χ2v) is 7.24. The van der Waals surface area contributed by atoms with E-state index in [0.29, 0.717) is 33.2 Å². The zero-order valence-electron chi connectivity index (χ0n) is 15.8. The van der Waals surface area contributed by atoms with Crippen molar-refractivity contribution < 1.29 is 9.53 Å². The zero-order valence-corrected chi connectivity index (χ0v) is 16.6. The van der Waals surface area contributed by atoms with Crippen LogP contribution in [-0.4, -0.2) is 28.2 Å². The van der Waals surface area contributed by atoms with Crippen LogP contribution in [-0.2, 0) is 10.5 Å². The highest BCUT2D eigenvalue weighted by molar-refractivity contribution is 8.13. The Kier molecular flexibility index (Phi) is 5.79. The first kappa shape index (κ1) is 19.6. The molecule has 144 valence electrons. The van der Waals surface area contributed by atoms with Crippen LogP contribution < -0.4 is 11.3 Å². The molecule has 0 atom stereocenters. The van der Waals surface area contributed by atoms with Gasteiger partial charge in [0, 0.05) is 0 Å². The number of carbonyl (C=O) groups is 1. The lowest BCUT2D eigenvalue weighted by molar-refractivity contribution is 0.0601. The second kappa shape index (κ2) is 8.26. The van der Waals surface area contributed by atoms with E-state index in [1.165, 1.54) is 36.6 Å². The Morgan fingerprint density at radius 1 is 1.21 bits per heavy atom. The molecule has 0 aliphatic heterocycles. The van der Waals surface area contributed by atoms with Gasteiger partial charge in [0.05, 0.1) is 35.0 Å². The summed E-state index contributed by atoms with van der Waals surface area (Å²) in [7, 11) is 1.30. The highest BCUT2D eigenvalue weighted by Crippen LogP contribution is 2.20. The number of H-pyrrole nitrogens is 1. The van der Waals surface area contributed by atoms with E-state index in [0.717, 1.165) is 11.3 Å². The number of aliphatic imine (C=N–C) groups is 1. The molecule has 0 aliphatic rings. The number of fused-ring (bicyclic) bond motifs is 1. The van der Waals surface area contributed by atoms with Crippen molar-refractivity contribution in [1.82, 2.24) is 9.97 Å². The minimum atomic E-state index is -0.482. The summed E-state index contributed by atoms with van der Waals surface area (Å²) in [6.07, 6.45) is 0. The summed E-state index contributed by atoms with van der Waals surface area (Å²) >= 11 is 1.27. The van der Waals surface area contributed by atoms with Gasteiger partial charge in [-0.25, -0.2) is 14.8 Å². The van der Waals surface area contributed by atoms with Crippen molar-refractivity contribution >= 4 is 39.5 Å². The maximum Gasteiger partial charge on any atom is 0.337 e. The predicted octanol–water partition coefficient (Wildman–Crippen LogP) is 3.21. The van der Waals surface area contributed by atoms with Crippen LogP contribution in [0, 0.1) is 13.8 Å². The fourth-order valence-electron chi connectivity index (χ4n) is 2.60. The first-order valence-electron chi connectivity index (χ1n) is 8.53. The Morgan fingerprint density at radius 3 is 2.71 bits per heavy atom. The number of esters is 1. The summed E-state index contributed by atoms with van der Waals surface area (Å²) in [5.74, 6) is 0.306. The average molecular weight is 396 g/mol. The van der Waals surface area contributed by atoms with E-state index in [1.54, 1.807) is 6.07 Å². The number of amidine groups is 1. The summed E-state index contributed by atoms with van der Waals surface area (Å²) in [5, 5.41) is 0.771. The van der Waals surface area contributed by atoms with Crippen LogP contribution in [0.3, 0.4) is 0 Å². The van der Waals surface area contributed by atoms with E-state index < -0.39 is 5.97 Å². The van der Waals surface area contributed by atoms with Gasteiger partial charge in [0.15, 0.2) is 5.17 Å². The van der Waals surface area contributed by atoms with Crippen molar-refractivity contribution in [3.63, 3.8) is 0 Å². The van der Waals surface area contributed by atoms with Crippen LogP contribution in [0.1, 0.15) is 27.3 Å². The summed E-state index contributed by atoms with van der Waals surface area (Å²) in [4.78, 5) is 35.5. The van der Waals surface area contributed by atoms with Gasteiger partial charge in [-0.05, 0) is 55.3 Å². The Labute approximate surface area is 166 Å². The Morgan fingerprint density at radius 2 is 2.00 bits per heavy atom. The smallest absolute Gasteiger partial charge is 0.337 e. The van der Waals surface area contributed by atoms with Gasteiger partial charge in [-0.1, -0.05) is 17.8 Å². The van der Waals surface area contributed by atoms with Crippen LogP contribution in [0.15, 0.2) is 46.2 Å². The number of benzene rings is 2. The molecule has 3 rings (SSSR count). The molecule has 0 saturated heterocycles. The number of aromatic amines is 1. The minimum Gasteiger partial charge on any atom is -0.465 e. The van der Waals surface area contributed by atoms with Crippen LogP contribution in [0.4, 0.5) is 5.69 Å².